The molecule has 0 bridgehead atoms. The van der Waals surface area contributed by atoms with Gasteiger partial charge >= 0.3 is 5.97 Å². The fourth-order valence-corrected chi connectivity index (χ4v) is 4.06. The zero-order valence-electron chi connectivity index (χ0n) is 9.46. The first-order chi connectivity index (χ1) is 6.31. The van der Waals surface area contributed by atoms with E-state index in [1.165, 1.54) is 11.8 Å². The second-order valence-electron chi connectivity index (χ2n) is 5.36. The lowest BCUT2D eigenvalue weighted by molar-refractivity contribution is -0.142. The summed E-state index contributed by atoms with van der Waals surface area (Å²) in [5.41, 5.74) is 0.166. The molecule has 2 atom stereocenters. The van der Waals surface area contributed by atoms with Gasteiger partial charge in [-0.2, -0.15) is 0 Å². The monoisotopic (exact) mass is 216 g/mol. The van der Waals surface area contributed by atoms with E-state index in [0.717, 1.165) is 19.3 Å². The molecule has 1 N–H and O–H groups in total. The first kappa shape index (κ1) is 11.9. The van der Waals surface area contributed by atoms with Gasteiger partial charge in [0.05, 0.1) is 0 Å². The number of rotatable bonds is 2. The van der Waals surface area contributed by atoms with Crippen molar-refractivity contribution in [1.82, 2.24) is 0 Å². The molecule has 0 aliphatic heterocycles. The minimum Gasteiger partial charge on any atom is -0.480 e. The molecule has 0 radical (unpaired) electrons. The maximum atomic E-state index is 11.3. The van der Waals surface area contributed by atoms with Gasteiger partial charge in [0.15, 0.2) is 0 Å². The Bertz CT molecular complexity index is 237. The highest BCUT2D eigenvalue weighted by Crippen LogP contribution is 2.49. The minimum atomic E-state index is -0.635. The number of carboxylic acids is 1. The smallest absolute Gasteiger partial charge is 0.319 e. The summed E-state index contributed by atoms with van der Waals surface area (Å²) in [7, 11) is 0. The second-order valence-corrected chi connectivity index (χ2v) is 6.55. The highest BCUT2D eigenvalue weighted by molar-refractivity contribution is 8.00. The molecule has 1 aliphatic carbocycles. The predicted octanol–water partition coefficient (Wildman–Crippen LogP) is 3.02. The largest absolute Gasteiger partial charge is 0.480 e. The van der Waals surface area contributed by atoms with Gasteiger partial charge in [-0.1, -0.05) is 20.8 Å². The lowest BCUT2D eigenvalue weighted by Gasteiger charge is -2.44. The number of thioether (sulfide) groups is 1. The van der Waals surface area contributed by atoms with Crippen LogP contribution >= 0.6 is 11.8 Å². The normalized spacial score (nSPS) is 36.7. The van der Waals surface area contributed by atoms with Crippen LogP contribution in [0, 0.1) is 11.3 Å². The van der Waals surface area contributed by atoms with E-state index in [1.54, 1.807) is 0 Å². The van der Waals surface area contributed by atoms with Crippen molar-refractivity contribution in [3.8, 4) is 0 Å². The van der Waals surface area contributed by atoms with Gasteiger partial charge in [-0.15, -0.1) is 11.8 Å². The van der Waals surface area contributed by atoms with Gasteiger partial charge in [0.2, 0.25) is 0 Å². The quantitative estimate of drug-likeness (QED) is 0.771. The van der Waals surface area contributed by atoms with Gasteiger partial charge in [-0.05, 0) is 36.9 Å². The van der Waals surface area contributed by atoms with Crippen molar-refractivity contribution in [2.24, 2.45) is 11.3 Å². The Kier molecular flexibility index (Phi) is 3.20. The molecule has 2 unspecified atom stereocenters. The molecule has 3 heteroatoms. The van der Waals surface area contributed by atoms with Gasteiger partial charge in [0.1, 0.15) is 4.75 Å². The Labute approximate surface area is 90.5 Å². The number of hydrogen-bond acceptors (Lipinski definition) is 2. The third kappa shape index (κ3) is 2.25. The molecule has 82 valence electrons. The van der Waals surface area contributed by atoms with E-state index in [-0.39, 0.29) is 5.41 Å². The Morgan fingerprint density at radius 3 is 2.36 bits per heavy atom. The summed E-state index contributed by atoms with van der Waals surface area (Å²) in [6.07, 6.45) is 4.67. The van der Waals surface area contributed by atoms with Crippen LogP contribution in [0.25, 0.3) is 0 Å². The second kappa shape index (κ2) is 3.76. The van der Waals surface area contributed by atoms with Crippen molar-refractivity contribution in [1.29, 1.82) is 0 Å². The zero-order chi connectivity index (χ0) is 11.0. The Balaban J connectivity index is 2.92. The topological polar surface area (TPSA) is 37.3 Å². The first-order valence-corrected chi connectivity index (χ1v) is 6.32. The van der Waals surface area contributed by atoms with Crippen LogP contribution in [0.5, 0.6) is 0 Å². The first-order valence-electron chi connectivity index (χ1n) is 5.10. The standard InChI is InChI=1S/C11H20O2S/c1-8-5-10(2,3)7-11(6-8,14-4)9(12)13/h8H,5-7H2,1-4H3,(H,12,13). The zero-order valence-corrected chi connectivity index (χ0v) is 10.3. The molecule has 2 nitrogen and oxygen atoms in total. The SMILES string of the molecule is CSC1(C(=O)O)CC(C)CC(C)(C)C1. The molecule has 1 fully saturated rings. The Morgan fingerprint density at radius 1 is 1.43 bits per heavy atom. The van der Waals surface area contributed by atoms with Crippen LogP contribution in [0.4, 0.5) is 0 Å². The molecule has 0 aromatic rings. The van der Waals surface area contributed by atoms with E-state index < -0.39 is 10.7 Å². The van der Waals surface area contributed by atoms with Crippen LogP contribution in [-0.4, -0.2) is 22.1 Å². The molecule has 0 saturated heterocycles. The fraction of sp³-hybridized carbons (Fsp3) is 0.909. The fourth-order valence-electron chi connectivity index (χ4n) is 2.90. The maximum Gasteiger partial charge on any atom is 0.319 e. The van der Waals surface area contributed by atoms with Crippen molar-refractivity contribution >= 4 is 17.7 Å². The number of carboxylic acid groups (broad SMARTS) is 1. The molecule has 1 saturated carbocycles. The number of carbonyl (C=O) groups is 1. The average Bonchev–Trinajstić information content (AvgIpc) is 2.00. The van der Waals surface area contributed by atoms with E-state index >= 15 is 0 Å². The van der Waals surface area contributed by atoms with Crippen molar-refractivity contribution in [2.75, 3.05) is 6.26 Å². The highest BCUT2D eigenvalue weighted by atomic mass is 32.2. The number of aliphatic carboxylic acids is 1. The summed E-state index contributed by atoms with van der Waals surface area (Å²) in [6.45, 7) is 6.52. The van der Waals surface area contributed by atoms with Crippen molar-refractivity contribution in [3.05, 3.63) is 0 Å². The van der Waals surface area contributed by atoms with Crippen molar-refractivity contribution < 1.29 is 9.90 Å². The molecular weight excluding hydrogens is 196 g/mol. The average molecular weight is 216 g/mol. The molecule has 1 aliphatic rings. The lowest BCUT2D eigenvalue weighted by atomic mass is 9.67. The molecule has 0 aromatic heterocycles. The van der Waals surface area contributed by atoms with Gasteiger partial charge in [0.25, 0.3) is 0 Å². The molecule has 0 amide bonds. The van der Waals surface area contributed by atoms with Gasteiger partial charge in [-0.25, -0.2) is 0 Å². The van der Waals surface area contributed by atoms with Crippen LogP contribution in [-0.2, 0) is 4.79 Å². The summed E-state index contributed by atoms with van der Waals surface area (Å²) in [5.74, 6) is -0.119. The van der Waals surface area contributed by atoms with Crippen LogP contribution in [0.3, 0.4) is 0 Å². The van der Waals surface area contributed by atoms with Crippen molar-refractivity contribution in [2.45, 2.75) is 44.8 Å². The van der Waals surface area contributed by atoms with Crippen LogP contribution in [0.1, 0.15) is 40.0 Å². The summed E-state index contributed by atoms with van der Waals surface area (Å²) < 4.78 is -0.541. The minimum absolute atomic E-state index is 0.166. The molecule has 0 spiro atoms. The molecule has 1 rings (SSSR count). The third-order valence-corrected chi connectivity index (χ3v) is 4.39. The van der Waals surface area contributed by atoms with Crippen molar-refractivity contribution in [3.63, 3.8) is 0 Å². The van der Waals surface area contributed by atoms with E-state index in [0.29, 0.717) is 5.92 Å². The predicted molar refractivity (Wildman–Crippen MR) is 60.7 cm³/mol. The van der Waals surface area contributed by atoms with E-state index in [9.17, 15) is 9.90 Å². The van der Waals surface area contributed by atoms with Crippen LogP contribution in [0.15, 0.2) is 0 Å². The lowest BCUT2D eigenvalue weighted by Crippen LogP contribution is -2.45. The van der Waals surface area contributed by atoms with Crippen LogP contribution in [0.2, 0.25) is 0 Å². The number of hydrogen-bond donors (Lipinski definition) is 1. The van der Waals surface area contributed by atoms with Gasteiger partial charge < -0.3 is 5.11 Å². The van der Waals surface area contributed by atoms with E-state index in [2.05, 4.69) is 20.8 Å². The van der Waals surface area contributed by atoms with Gasteiger partial charge in [-0.3, -0.25) is 4.79 Å². The van der Waals surface area contributed by atoms with E-state index in [4.69, 9.17) is 0 Å². The summed E-state index contributed by atoms with van der Waals surface area (Å²) >= 11 is 1.51. The molecular formula is C11H20O2S. The Hall–Kier alpha value is -0.180. The van der Waals surface area contributed by atoms with Crippen LogP contribution < -0.4 is 0 Å². The maximum absolute atomic E-state index is 11.3. The third-order valence-electron chi connectivity index (χ3n) is 3.12. The summed E-state index contributed by atoms with van der Waals surface area (Å²) in [4.78, 5) is 11.3. The molecule has 0 aromatic carbocycles. The highest BCUT2D eigenvalue weighted by Gasteiger charge is 2.47. The van der Waals surface area contributed by atoms with Gasteiger partial charge in [0, 0.05) is 0 Å². The summed E-state index contributed by atoms with van der Waals surface area (Å²) in [5, 5.41) is 9.32. The molecule has 0 heterocycles. The summed E-state index contributed by atoms with van der Waals surface area (Å²) in [6, 6.07) is 0. The van der Waals surface area contributed by atoms with E-state index in [1.807, 2.05) is 6.26 Å². The molecule has 14 heavy (non-hydrogen) atoms. The Morgan fingerprint density at radius 2 is 2.00 bits per heavy atom.